The highest BCUT2D eigenvalue weighted by molar-refractivity contribution is 6.38. The van der Waals surface area contributed by atoms with Crippen molar-refractivity contribution in [1.82, 2.24) is 25.2 Å². The summed E-state index contributed by atoms with van der Waals surface area (Å²) in [7, 11) is 0. The third kappa shape index (κ3) is 10.8. The quantitative estimate of drug-likeness (QED) is 0.173. The van der Waals surface area contributed by atoms with E-state index in [-0.39, 0.29) is 66.7 Å². The van der Waals surface area contributed by atoms with Gasteiger partial charge >= 0.3 is 0 Å². The molecule has 5 atom stereocenters. The zero-order chi connectivity index (χ0) is 39.0. The van der Waals surface area contributed by atoms with Crippen molar-refractivity contribution >= 4 is 46.5 Å². The van der Waals surface area contributed by atoms with Gasteiger partial charge in [-0.05, 0) is 55.4 Å². The second-order valence-electron chi connectivity index (χ2n) is 16.4. The van der Waals surface area contributed by atoms with Crippen LogP contribution >= 0.6 is 11.6 Å². The molecular weight excluding hydrogens is 710 g/mol. The van der Waals surface area contributed by atoms with E-state index in [0.717, 1.165) is 44.9 Å². The monoisotopic (exact) mass is 763 g/mol. The molecule has 0 aromatic carbocycles. The number of aromatic nitrogens is 3. The number of nitrogens with zero attached hydrogens (tertiary/aromatic N) is 4. The number of carbonyl (C=O) groups is 6. The number of rotatable bonds is 18. The summed E-state index contributed by atoms with van der Waals surface area (Å²) in [6, 6.07) is 1.30. The van der Waals surface area contributed by atoms with Gasteiger partial charge in [0.1, 0.15) is 17.8 Å². The van der Waals surface area contributed by atoms with Crippen LogP contribution in [-0.2, 0) is 24.0 Å². The summed E-state index contributed by atoms with van der Waals surface area (Å²) in [5, 5.41) is 3.35. The van der Waals surface area contributed by atoms with Gasteiger partial charge in [-0.1, -0.05) is 65.0 Å². The number of pyridine rings is 1. The molecule has 0 radical (unpaired) electrons. The van der Waals surface area contributed by atoms with Crippen LogP contribution in [0.3, 0.4) is 0 Å². The first kappa shape index (κ1) is 41.1. The number of Topliss-reactive ketones (excluding diaryl/α,β-unsaturated/α-hetero) is 4. The molecule has 3 fully saturated rings. The van der Waals surface area contributed by atoms with Gasteiger partial charge in [-0.3, -0.25) is 33.8 Å². The molecule has 2 aromatic heterocycles. The molecule has 2 amide bonds. The van der Waals surface area contributed by atoms with E-state index >= 15 is 0 Å². The van der Waals surface area contributed by atoms with Crippen LogP contribution in [0, 0.1) is 29.1 Å². The van der Waals surface area contributed by atoms with Crippen molar-refractivity contribution < 1.29 is 33.5 Å². The normalized spacial score (nSPS) is 20.8. The molecular formula is C41H54ClN5O7. The number of ketones is 4. The molecule has 0 unspecified atom stereocenters. The molecule has 54 heavy (non-hydrogen) atoms. The second kappa shape index (κ2) is 18.5. The molecule has 3 heterocycles. The Balaban J connectivity index is 1.41. The molecule has 1 saturated heterocycles. The summed E-state index contributed by atoms with van der Waals surface area (Å²) in [6.45, 7) is 7.74. The van der Waals surface area contributed by atoms with Crippen molar-refractivity contribution in [3.05, 3.63) is 47.6 Å². The maximum absolute atomic E-state index is 14.8. The molecule has 13 heteroatoms. The van der Waals surface area contributed by atoms with E-state index in [1.807, 2.05) is 27.7 Å². The maximum Gasteiger partial charge on any atom is 0.272 e. The lowest BCUT2D eigenvalue weighted by Crippen LogP contribution is -2.53. The summed E-state index contributed by atoms with van der Waals surface area (Å²) in [5.74, 6) is -3.74. The molecule has 2 aromatic rings. The molecule has 1 N–H and O–H groups in total. The van der Waals surface area contributed by atoms with Gasteiger partial charge in [0.05, 0.1) is 17.3 Å². The van der Waals surface area contributed by atoms with Gasteiger partial charge in [0.15, 0.2) is 17.3 Å². The summed E-state index contributed by atoms with van der Waals surface area (Å²) >= 11 is 6.06. The smallest absolute Gasteiger partial charge is 0.272 e. The first-order valence-electron chi connectivity index (χ1n) is 19.5. The molecule has 0 spiro atoms. The van der Waals surface area contributed by atoms with Crippen LogP contribution in [0.25, 0.3) is 0 Å². The Morgan fingerprint density at radius 3 is 2.30 bits per heavy atom. The summed E-state index contributed by atoms with van der Waals surface area (Å²) in [4.78, 5) is 97.0. The summed E-state index contributed by atoms with van der Waals surface area (Å²) in [6.07, 6.45) is 12.3. The Morgan fingerprint density at radius 2 is 1.69 bits per heavy atom. The third-order valence-corrected chi connectivity index (χ3v) is 11.4. The molecule has 2 saturated carbocycles. The Morgan fingerprint density at radius 1 is 0.944 bits per heavy atom. The van der Waals surface area contributed by atoms with E-state index < -0.39 is 52.9 Å². The lowest BCUT2D eigenvalue weighted by Gasteiger charge is -2.37. The van der Waals surface area contributed by atoms with E-state index in [2.05, 4.69) is 20.3 Å². The first-order chi connectivity index (χ1) is 25.8. The van der Waals surface area contributed by atoms with Gasteiger partial charge in [-0.25, -0.2) is 9.97 Å². The highest BCUT2D eigenvalue weighted by Gasteiger charge is 2.48. The average molecular weight is 764 g/mol. The van der Waals surface area contributed by atoms with Gasteiger partial charge in [0, 0.05) is 68.7 Å². The summed E-state index contributed by atoms with van der Waals surface area (Å²) < 4.78 is 6.24. The SMILES string of the molecule is CCC[C@H](CC(=O)[C@H]1[C@H](Oc2ccc(Cl)cn2)CCN1C(=O)[C@@H](CC(=O)[C@@H](NC(=O)c1cnccn1)C1CCCCC1)C(C)(C)C)C(=O)C(=O)CC1CC1. The predicted molar refractivity (Wildman–Crippen MR) is 202 cm³/mol. The molecule has 1 aliphatic heterocycles. The second-order valence-corrected chi connectivity index (χ2v) is 16.8. The van der Waals surface area contributed by atoms with Gasteiger partial charge in [-0.15, -0.1) is 0 Å². The Bertz CT molecular complexity index is 1650. The van der Waals surface area contributed by atoms with Crippen LogP contribution in [-0.4, -0.2) is 79.5 Å². The van der Waals surface area contributed by atoms with Gasteiger partial charge in [0.25, 0.3) is 5.91 Å². The van der Waals surface area contributed by atoms with Crippen LogP contribution < -0.4 is 10.1 Å². The number of halogens is 1. The topological polar surface area (TPSA) is 166 Å². The van der Waals surface area contributed by atoms with Crippen molar-refractivity contribution in [2.75, 3.05) is 6.54 Å². The van der Waals surface area contributed by atoms with E-state index in [4.69, 9.17) is 16.3 Å². The molecule has 292 valence electrons. The standard InChI is InChI=1S/C41H54ClN5O7/c1-5-9-27(38(51)33(50)20-25-12-13-25)21-32(49)37-34(54-35-15-14-28(42)23-45-35)16-19-47(37)40(53)29(41(2,3)4)22-31(48)36(26-10-7-6-8-11-26)46-39(52)30-24-43-17-18-44-30/h14-15,17-18,23-27,29,34,36-37H,5-13,16,19-22H2,1-4H3,(H,46,52)/t27-,29-,34-,36+,37+/m1/s1. The molecule has 12 nitrogen and oxygen atoms in total. The number of hydrogen-bond donors (Lipinski definition) is 1. The minimum atomic E-state index is -1.08. The maximum atomic E-state index is 14.8. The number of carbonyl (C=O) groups excluding carboxylic acids is 6. The largest absolute Gasteiger partial charge is 0.472 e. The predicted octanol–water partition coefficient (Wildman–Crippen LogP) is 6.19. The van der Waals surface area contributed by atoms with Crippen LogP contribution in [0.1, 0.15) is 122 Å². The number of ether oxygens (including phenoxy) is 1. The van der Waals surface area contributed by atoms with Crippen LogP contribution in [0.2, 0.25) is 5.02 Å². The molecule has 3 aliphatic rings. The highest BCUT2D eigenvalue weighted by Crippen LogP contribution is 2.37. The Kier molecular flexibility index (Phi) is 14.1. The average Bonchev–Trinajstić information content (AvgIpc) is 3.88. The minimum absolute atomic E-state index is 0.0935. The van der Waals surface area contributed by atoms with Crippen LogP contribution in [0.4, 0.5) is 0 Å². The third-order valence-electron chi connectivity index (χ3n) is 11.1. The zero-order valence-corrected chi connectivity index (χ0v) is 32.7. The lowest BCUT2D eigenvalue weighted by molar-refractivity contribution is -0.148. The van der Waals surface area contributed by atoms with E-state index in [9.17, 15) is 28.8 Å². The van der Waals surface area contributed by atoms with Crippen molar-refractivity contribution in [1.29, 1.82) is 0 Å². The van der Waals surface area contributed by atoms with E-state index in [1.54, 1.807) is 12.1 Å². The number of likely N-dealkylation sites (tertiary alicyclic amines) is 1. The fourth-order valence-corrected chi connectivity index (χ4v) is 8.02. The fraction of sp³-hybridized carbons (Fsp3) is 0.634. The van der Waals surface area contributed by atoms with Gasteiger partial charge < -0.3 is 15.0 Å². The summed E-state index contributed by atoms with van der Waals surface area (Å²) in [5.41, 5.74) is -0.609. The zero-order valence-electron chi connectivity index (χ0n) is 31.9. The molecule has 5 rings (SSSR count). The van der Waals surface area contributed by atoms with E-state index in [0.29, 0.717) is 24.3 Å². The molecule has 0 bridgehead atoms. The lowest BCUT2D eigenvalue weighted by atomic mass is 9.74. The number of amides is 2. The van der Waals surface area contributed by atoms with Crippen molar-refractivity contribution in [2.24, 2.45) is 29.1 Å². The van der Waals surface area contributed by atoms with Crippen LogP contribution in [0.5, 0.6) is 5.88 Å². The Hall–Kier alpha value is -4.06. The minimum Gasteiger partial charge on any atom is -0.472 e. The highest BCUT2D eigenvalue weighted by atomic mass is 35.5. The number of nitrogens with one attached hydrogen (secondary N) is 1. The van der Waals surface area contributed by atoms with Gasteiger partial charge in [-0.2, -0.15) is 0 Å². The van der Waals surface area contributed by atoms with Crippen LogP contribution in [0.15, 0.2) is 36.9 Å². The van der Waals surface area contributed by atoms with Crippen molar-refractivity contribution in [2.45, 2.75) is 129 Å². The fourth-order valence-electron chi connectivity index (χ4n) is 7.91. The van der Waals surface area contributed by atoms with E-state index in [1.165, 1.54) is 29.7 Å². The first-order valence-corrected chi connectivity index (χ1v) is 19.9. The van der Waals surface area contributed by atoms with Gasteiger partial charge in [0.2, 0.25) is 17.6 Å². The molecule has 2 aliphatic carbocycles. The Labute approximate surface area is 323 Å². The van der Waals surface area contributed by atoms with Crippen molar-refractivity contribution in [3.63, 3.8) is 0 Å². The van der Waals surface area contributed by atoms with Crippen molar-refractivity contribution in [3.8, 4) is 5.88 Å². The number of hydrogen-bond acceptors (Lipinski definition) is 10.